The number of pyridine rings is 2. The van der Waals surface area contributed by atoms with Crippen LogP contribution in [0.2, 0.25) is 0 Å². The van der Waals surface area contributed by atoms with Crippen molar-refractivity contribution in [3.05, 3.63) is 93.1 Å². The zero-order chi connectivity index (χ0) is 26.1. The van der Waals surface area contributed by atoms with Crippen molar-refractivity contribution in [2.45, 2.75) is 65.9 Å². The lowest BCUT2D eigenvalue weighted by Crippen LogP contribution is -2.32. The van der Waals surface area contributed by atoms with Crippen LogP contribution in [-0.4, -0.2) is 30.2 Å². The Bertz CT molecular complexity index is 1600. The van der Waals surface area contributed by atoms with Crippen LogP contribution in [0.25, 0.3) is 22.2 Å². The maximum Gasteiger partial charge on any atom is 0.146 e. The molecule has 4 heterocycles. The van der Waals surface area contributed by atoms with Crippen molar-refractivity contribution in [1.29, 1.82) is 0 Å². The van der Waals surface area contributed by atoms with Crippen molar-refractivity contribution in [3.63, 3.8) is 0 Å². The van der Waals surface area contributed by atoms with E-state index in [1.807, 2.05) is 71.9 Å². The Morgan fingerprint density at radius 3 is 1.95 bits per heavy atom. The topological polar surface area (TPSA) is 101 Å². The minimum absolute atomic E-state index is 0.432. The summed E-state index contributed by atoms with van der Waals surface area (Å²) in [5, 5.41) is 17.2. The van der Waals surface area contributed by atoms with E-state index in [9.17, 15) is 5.11 Å². The van der Waals surface area contributed by atoms with E-state index >= 15 is 0 Å². The molecular weight excluding hydrogens is 462 g/mol. The molecule has 0 amide bonds. The number of aryl methyl sites for hydroxylation is 6. The van der Waals surface area contributed by atoms with Gasteiger partial charge in [-0.2, -0.15) is 0 Å². The minimum atomic E-state index is -1.54. The molecule has 0 saturated heterocycles. The van der Waals surface area contributed by atoms with Crippen LogP contribution in [0.15, 0.2) is 40.9 Å². The number of nitrogens with one attached hydrogen (secondary N) is 1. The maximum atomic E-state index is 13.0. The number of hydrogen-bond acceptors (Lipinski definition) is 6. The molecule has 37 heavy (non-hydrogen) atoms. The Labute approximate surface area is 216 Å². The number of hydrogen-bond donors (Lipinski definition) is 2. The minimum Gasteiger partial charge on any atom is -0.376 e. The van der Waals surface area contributed by atoms with Gasteiger partial charge in [0.05, 0.1) is 16.7 Å². The molecule has 0 bridgehead atoms. The van der Waals surface area contributed by atoms with Crippen LogP contribution in [0, 0.1) is 41.5 Å². The zero-order valence-electron chi connectivity index (χ0n) is 22.1. The first-order valence-electron chi connectivity index (χ1n) is 12.8. The summed E-state index contributed by atoms with van der Waals surface area (Å²) in [5.74, 6) is 2.13. The molecule has 1 fully saturated rings. The molecule has 188 valence electrons. The molecule has 6 rings (SSSR count). The lowest BCUT2D eigenvalue weighted by Gasteiger charge is -2.32. The number of rotatable bonds is 5. The Morgan fingerprint density at radius 1 is 0.811 bits per heavy atom. The molecule has 2 N–H and O–H groups in total. The summed E-state index contributed by atoms with van der Waals surface area (Å²) in [4.78, 5) is 18.1. The average molecular weight is 494 g/mol. The average Bonchev–Trinajstić information content (AvgIpc) is 3.52. The summed E-state index contributed by atoms with van der Waals surface area (Å²) < 4.78 is 5.52. The smallest absolute Gasteiger partial charge is 0.146 e. The van der Waals surface area contributed by atoms with Gasteiger partial charge in [-0.25, -0.2) is 4.98 Å². The number of fused-ring (bicyclic) bond motifs is 1. The predicted molar refractivity (Wildman–Crippen MR) is 143 cm³/mol. The van der Waals surface area contributed by atoms with Crippen LogP contribution in [-0.2, 0) is 5.60 Å². The maximum absolute atomic E-state index is 13.0. The van der Waals surface area contributed by atoms with Gasteiger partial charge >= 0.3 is 0 Å². The summed E-state index contributed by atoms with van der Waals surface area (Å²) >= 11 is 0. The molecule has 0 radical (unpaired) electrons. The van der Waals surface area contributed by atoms with Crippen LogP contribution in [0.3, 0.4) is 0 Å². The van der Waals surface area contributed by atoms with Crippen molar-refractivity contribution in [2.75, 3.05) is 0 Å². The molecule has 1 aromatic carbocycles. The SMILES string of the molecule is Cc1ccc(C(O)(c2ccc(C)nc2C)c2cc(-c3c(C)noc3C)cc3[nH]c(C4CC4)nc23)c(C)n1. The third kappa shape index (κ3) is 3.76. The molecular formula is C30H31N5O2. The van der Waals surface area contributed by atoms with E-state index in [4.69, 9.17) is 19.5 Å². The number of aromatic nitrogens is 5. The first kappa shape index (κ1) is 23.6. The van der Waals surface area contributed by atoms with Crippen LogP contribution in [0.1, 0.15) is 75.5 Å². The normalized spacial score (nSPS) is 14.0. The van der Waals surface area contributed by atoms with Crippen molar-refractivity contribution in [1.82, 2.24) is 25.1 Å². The summed E-state index contributed by atoms with van der Waals surface area (Å²) in [5.41, 5.74) is 8.14. The molecule has 7 heteroatoms. The van der Waals surface area contributed by atoms with Crippen LogP contribution in [0.5, 0.6) is 0 Å². The van der Waals surface area contributed by atoms with Gasteiger partial charge < -0.3 is 14.6 Å². The van der Waals surface area contributed by atoms with Gasteiger partial charge in [0, 0.05) is 50.9 Å². The van der Waals surface area contributed by atoms with Crippen molar-refractivity contribution < 1.29 is 9.63 Å². The fraction of sp³-hybridized carbons (Fsp3) is 0.333. The highest BCUT2D eigenvalue weighted by Gasteiger charge is 2.41. The van der Waals surface area contributed by atoms with Crippen molar-refractivity contribution >= 4 is 11.0 Å². The van der Waals surface area contributed by atoms with Crippen LogP contribution in [0.4, 0.5) is 0 Å². The largest absolute Gasteiger partial charge is 0.376 e. The van der Waals surface area contributed by atoms with Crippen molar-refractivity contribution in [2.24, 2.45) is 0 Å². The molecule has 1 aliphatic rings. The Hall–Kier alpha value is -3.84. The Balaban J connectivity index is 1.74. The second kappa shape index (κ2) is 8.35. The van der Waals surface area contributed by atoms with Gasteiger partial charge in [-0.3, -0.25) is 9.97 Å². The van der Waals surface area contributed by atoms with Gasteiger partial charge in [0.25, 0.3) is 0 Å². The van der Waals surface area contributed by atoms with Crippen LogP contribution >= 0.6 is 0 Å². The third-order valence-corrected chi connectivity index (χ3v) is 7.51. The molecule has 1 saturated carbocycles. The number of nitrogens with zero attached hydrogens (tertiary/aromatic N) is 4. The molecule has 0 spiro atoms. The van der Waals surface area contributed by atoms with Gasteiger partial charge in [0.15, 0.2) is 0 Å². The molecule has 0 unspecified atom stereocenters. The zero-order valence-corrected chi connectivity index (χ0v) is 22.1. The standard InChI is InChI=1S/C30H31N5O2/c1-15-7-11-23(17(3)31-15)30(36,24-12-8-16(2)32-18(24)4)25-13-22(27-19(5)35-37-20(27)6)14-26-28(25)34-29(33-26)21-9-10-21/h7-8,11-14,21,36H,9-10H2,1-6H3,(H,33,34). The summed E-state index contributed by atoms with van der Waals surface area (Å²) in [6.45, 7) is 11.7. The van der Waals surface area contributed by atoms with E-state index in [2.05, 4.69) is 16.2 Å². The second-order valence-electron chi connectivity index (χ2n) is 10.4. The van der Waals surface area contributed by atoms with Crippen molar-refractivity contribution in [3.8, 4) is 11.1 Å². The van der Waals surface area contributed by atoms with Gasteiger partial charge in [-0.15, -0.1) is 0 Å². The second-order valence-corrected chi connectivity index (χ2v) is 10.4. The third-order valence-electron chi connectivity index (χ3n) is 7.51. The van der Waals surface area contributed by atoms with E-state index in [1.54, 1.807) is 0 Å². The number of benzene rings is 1. The molecule has 0 aliphatic heterocycles. The first-order valence-corrected chi connectivity index (χ1v) is 12.8. The lowest BCUT2D eigenvalue weighted by atomic mass is 9.77. The summed E-state index contributed by atoms with van der Waals surface area (Å²) in [6.07, 6.45) is 2.25. The van der Waals surface area contributed by atoms with E-state index in [1.165, 1.54) is 0 Å². The Morgan fingerprint density at radius 2 is 1.43 bits per heavy atom. The molecule has 4 aromatic heterocycles. The number of imidazole rings is 1. The highest BCUT2D eigenvalue weighted by molar-refractivity contribution is 5.88. The Kier molecular flexibility index (Phi) is 5.31. The summed E-state index contributed by atoms with van der Waals surface area (Å²) in [6, 6.07) is 12.0. The number of aliphatic hydroxyl groups is 1. The quantitative estimate of drug-likeness (QED) is 0.310. The van der Waals surface area contributed by atoms with Gasteiger partial charge in [-0.1, -0.05) is 17.3 Å². The highest BCUT2D eigenvalue weighted by atomic mass is 16.5. The highest BCUT2D eigenvalue weighted by Crippen LogP contribution is 2.46. The van der Waals surface area contributed by atoms with Crippen LogP contribution < -0.4 is 0 Å². The number of H-pyrrole nitrogens is 1. The predicted octanol–water partition coefficient (Wildman–Crippen LogP) is 6.02. The van der Waals surface area contributed by atoms with E-state index < -0.39 is 5.60 Å². The van der Waals surface area contributed by atoms with E-state index in [0.29, 0.717) is 22.6 Å². The van der Waals surface area contributed by atoms with Gasteiger partial charge in [0.1, 0.15) is 17.2 Å². The summed E-state index contributed by atoms with van der Waals surface area (Å²) in [7, 11) is 0. The monoisotopic (exact) mass is 493 g/mol. The first-order chi connectivity index (χ1) is 17.7. The van der Waals surface area contributed by atoms with Gasteiger partial charge in [0.2, 0.25) is 0 Å². The lowest BCUT2D eigenvalue weighted by molar-refractivity contribution is 0.124. The number of aromatic amines is 1. The fourth-order valence-electron chi connectivity index (χ4n) is 5.58. The van der Waals surface area contributed by atoms with Gasteiger partial charge in [-0.05, 0) is 84.2 Å². The molecule has 7 nitrogen and oxygen atoms in total. The fourth-order valence-corrected chi connectivity index (χ4v) is 5.58. The van der Waals surface area contributed by atoms with E-state index in [0.717, 1.165) is 75.1 Å². The van der Waals surface area contributed by atoms with E-state index in [-0.39, 0.29) is 0 Å². The molecule has 0 atom stereocenters. The molecule has 1 aliphatic carbocycles. The molecule has 5 aromatic rings.